The fourth-order valence-electron chi connectivity index (χ4n) is 3.50. The third kappa shape index (κ3) is 3.10. The summed E-state index contributed by atoms with van der Waals surface area (Å²) in [6, 6.07) is 14.5. The highest BCUT2D eigenvalue weighted by Gasteiger charge is 2.41. The molecule has 2 aromatic carbocycles. The van der Waals surface area contributed by atoms with Crippen LogP contribution >= 0.6 is 0 Å². The van der Waals surface area contributed by atoms with Crippen molar-refractivity contribution in [3.63, 3.8) is 0 Å². The predicted octanol–water partition coefficient (Wildman–Crippen LogP) is 4.62. The largest absolute Gasteiger partial charge is 0.420 e. The van der Waals surface area contributed by atoms with E-state index in [4.69, 9.17) is 10.5 Å². The molecule has 2 heterocycles. The van der Waals surface area contributed by atoms with Crippen molar-refractivity contribution in [3.8, 4) is 23.2 Å². The van der Waals surface area contributed by atoms with Gasteiger partial charge in [0.1, 0.15) is 11.6 Å². The van der Waals surface area contributed by atoms with Crippen LogP contribution in [0.15, 0.2) is 60.0 Å². The summed E-state index contributed by atoms with van der Waals surface area (Å²) in [4.78, 5) is 0. The number of halogens is 3. The van der Waals surface area contributed by atoms with Gasteiger partial charge in [0.05, 0.1) is 22.7 Å². The lowest BCUT2D eigenvalue weighted by Crippen LogP contribution is -2.23. The second kappa shape index (κ2) is 6.71. The molecule has 0 saturated carbocycles. The number of fused-ring (bicyclic) bond motifs is 1. The maximum Gasteiger partial charge on any atom is 0.416 e. The van der Waals surface area contributed by atoms with Crippen LogP contribution in [0.25, 0.3) is 11.3 Å². The summed E-state index contributed by atoms with van der Waals surface area (Å²) >= 11 is 0. The van der Waals surface area contributed by atoms with Crippen LogP contribution in [0.4, 0.5) is 13.2 Å². The minimum absolute atomic E-state index is 0.0547. The number of ether oxygens (including phenoxy) is 1. The van der Waals surface area contributed by atoms with Gasteiger partial charge in [0, 0.05) is 5.56 Å². The maximum absolute atomic E-state index is 13.7. The monoisotopic (exact) mass is 396 g/mol. The summed E-state index contributed by atoms with van der Waals surface area (Å²) in [7, 11) is 0. The number of nitrogens with zero attached hydrogens (tertiary/aromatic N) is 2. The standard InChI is InChI=1S/C21H15F3N4O/c1-11-6-8-12(9-7-11)18-17-16(13-4-2-3-5-15(13)21(22,23)24)14(10-25)19(26)29-20(17)28-27-18/h2-9,16H,26H2,1H3,(H,27,28)/t16-/m1/s1. The number of nitriles is 1. The Morgan fingerprint density at radius 3 is 2.48 bits per heavy atom. The number of hydrogen-bond acceptors (Lipinski definition) is 4. The Kier molecular flexibility index (Phi) is 4.31. The third-order valence-electron chi connectivity index (χ3n) is 4.86. The lowest BCUT2D eigenvalue weighted by atomic mass is 9.81. The Balaban J connectivity index is 2.00. The van der Waals surface area contributed by atoms with Crippen molar-refractivity contribution < 1.29 is 17.9 Å². The number of allylic oxidation sites excluding steroid dienone is 1. The number of rotatable bonds is 2. The Morgan fingerprint density at radius 1 is 1.14 bits per heavy atom. The zero-order chi connectivity index (χ0) is 20.8. The molecule has 0 bridgehead atoms. The van der Waals surface area contributed by atoms with E-state index in [-0.39, 0.29) is 22.9 Å². The highest BCUT2D eigenvalue weighted by Crippen LogP contribution is 2.48. The van der Waals surface area contributed by atoms with Gasteiger partial charge in [-0.2, -0.15) is 18.4 Å². The number of nitrogens with one attached hydrogen (secondary N) is 1. The SMILES string of the molecule is Cc1ccc(-c2[nH]nc3c2[C@H](c2ccccc2C(F)(F)F)C(C#N)=C(N)O3)cc1. The highest BCUT2D eigenvalue weighted by molar-refractivity contribution is 5.71. The summed E-state index contributed by atoms with van der Waals surface area (Å²) in [6.07, 6.45) is -4.60. The number of H-pyrrole nitrogens is 1. The van der Waals surface area contributed by atoms with E-state index in [0.29, 0.717) is 16.8 Å². The normalized spacial score (nSPS) is 16.2. The van der Waals surface area contributed by atoms with Gasteiger partial charge in [0.15, 0.2) is 0 Å². The second-order valence-corrected chi connectivity index (χ2v) is 6.69. The molecule has 0 amide bonds. The van der Waals surface area contributed by atoms with E-state index >= 15 is 0 Å². The number of nitrogens with two attached hydrogens (primary N) is 1. The van der Waals surface area contributed by atoms with Gasteiger partial charge < -0.3 is 10.5 Å². The van der Waals surface area contributed by atoms with Gasteiger partial charge in [-0.25, -0.2) is 0 Å². The topological polar surface area (TPSA) is 87.7 Å². The van der Waals surface area contributed by atoms with Crippen LogP contribution in [0.1, 0.15) is 28.2 Å². The smallest absolute Gasteiger partial charge is 0.416 e. The molecule has 1 aliphatic heterocycles. The quantitative estimate of drug-likeness (QED) is 0.662. The number of alkyl halides is 3. The molecule has 0 aliphatic carbocycles. The lowest BCUT2D eigenvalue weighted by molar-refractivity contribution is -0.138. The molecule has 1 aromatic heterocycles. The first-order chi connectivity index (χ1) is 13.8. The number of aromatic amines is 1. The number of hydrogen-bond donors (Lipinski definition) is 2. The average molecular weight is 396 g/mol. The first-order valence-electron chi connectivity index (χ1n) is 8.70. The van der Waals surface area contributed by atoms with Gasteiger partial charge in [-0.3, -0.25) is 5.10 Å². The Bertz CT molecular complexity index is 1150. The molecule has 1 aliphatic rings. The van der Waals surface area contributed by atoms with Crippen molar-refractivity contribution in [1.29, 1.82) is 5.26 Å². The summed E-state index contributed by atoms with van der Waals surface area (Å²) in [6.45, 7) is 1.93. The zero-order valence-electron chi connectivity index (χ0n) is 15.2. The molecule has 29 heavy (non-hydrogen) atoms. The van der Waals surface area contributed by atoms with E-state index in [1.54, 1.807) is 0 Å². The van der Waals surface area contributed by atoms with Gasteiger partial charge in [-0.05, 0) is 18.6 Å². The van der Waals surface area contributed by atoms with Crippen LogP contribution in [-0.4, -0.2) is 10.2 Å². The van der Waals surface area contributed by atoms with Crippen LogP contribution in [0.2, 0.25) is 0 Å². The number of benzene rings is 2. The van der Waals surface area contributed by atoms with Gasteiger partial charge in [0.2, 0.25) is 11.8 Å². The molecule has 5 nitrogen and oxygen atoms in total. The van der Waals surface area contributed by atoms with Crippen molar-refractivity contribution in [2.24, 2.45) is 5.73 Å². The molecular weight excluding hydrogens is 381 g/mol. The molecule has 0 spiro atoms. The van der Waals surface area contributed by atoms with E-state index in [1.165, 1.54) is 18.2 Å². The minimum atomic E-state index is -4.60. The summed E-state index contributed by atoms with van der Waals surface area (Å²) in [5.41, 5.74) is 7.40. The van der Waals surface area contributed by atoms with Crippen molar-refractivity contribution >= 4 is 0 Å². The number of aryl methyl sites for hydroxylation is 1. The Morgan fingerprint density at radius 2 is 1.83 bits per heavy atom. The molecule has 4 rings (SSSR count). The molecule has 146 valence electrons. The summed E-state index contributed by atoms with van der Waals surface area (Å²) in [5.74, 6) is -1.28. The molecule has 3 N–H and O–H groups in total. The van der Waals surface area contributed by atoms with E-state index < -0.39 is 17.7 Å². The van der Waals surface area contributed by atoms with E-state index in [0.717, 1.165) is 11.6 Å². The van der Waals surface area contributed by atoms with Crippen molar-refractivity contribution in [3.05, 3.63) is 82.2 Å². The van der Waals surface area contributed by atoms with Crippen molar-refractivity contribution in [2.75, 3.05) is 0 Å². The molecule has 1 atom stereocenters. The van der Waals surface area contributed by atoms with Crippen LogP contribution in [0, 0.1) is 18.3 Å². The van der Waals surface area contributed by atoms with Gasteiger partial charge in [-0.15, -0.1) is 5.10 Å². The van der Waals surface area contributed by atoms with Crippen LogP contribution in [-0.2, 0) is 6.18 Å². The highest BCUT2D eigenvalue weighted by atomic mass is 19.4. The summed E-state index contributed by atoms with van der Waals surface area (Å²) < 4.78 is 46.6. The number of aromatic nitrogens is 2. The summed E-state index contributed by atoms with van der Waals surface area (Å²) in [5, 5.41) is 16.6. The molecule has 8 heteroatoms. The Hall–Kier alpha value is -3.73. The molecule has 0 unspecified atom stereocenters. The fourth-order valence-corrected chi connectivity index (χ4v) is 3.50. The molecule has 0 saturated heterocycles. The maximum atomic E-state index is 13.7. The second-order valence-electron chi connectivity index (χ2n) is 6.69. The zero-order valence-corrected chi connectivity index (χ0v) is 15.2. The van der Waals surface area contributed by atoms with Crippen LogP contribution in [0.3, 0.4) is 0 Å². The average Bonchev–Trinajstić information content (AvgIpc) is 3.10. The molecule has 0 fully saturated rings. The van der Waals surface area contributed by atoms with E-state index in [1.807, 2.05) is 37.3 Å². The molecule has 3 aromatic rings. The van der Waals surface area contributed by atoms with Gasteiger partial charge >= 0.3 is 6.18 Å². The predicted molar refractivity (Wildman–Crippen MR) is 99.5 cm³/mol. The van der Waals surface area contributed by atoms with Crippen molar-refractivity contribution in [1.82, 2.24) is 10.2 Å². The fraction of sp³-hybridized carbons (Fsp3) is 0.143. The first kappa shape index (κ1) is 18.6. The van der Waals surface area contributed by atoms with E-state index in [2.05, 4.69) is 10.2 Å². The molecular formula is C21H15F3N4O. The van der Waals surface area contributed by atoms with Gasteiger partial charge in [0.25, 0.3) is 0 Å². The van der Waals surface area contributed by atoms with E-state index in [9.17, 15) is 18.4 Å². The molecule has 0 radical (unpaired) electrons. The van der Waals surface area contributed by atoms with Crippen LogP contribution in [0.5, 0.6) is 5.88 Å². The minimum Gasteiger partial charge on any atom is -0.420 e. The lowest BCUT2D eigenvalue weighted by Gasteiger charge is -2.26. The first-order valence-corrected chi connectivity index (χ1v) is 8.70. The van der Waals surface area contributed by atoms with Gasteiger partial charge in [-0.1, -0.05) is 48.0 Å². The third-order valence-corrected chi connectivity index (χ3v) is 4.86. The van der Waals surface area contributed by atoms with Crippen molar-refractivity contribution in [2.45, 2.75) is 19.0 Å². The Labute approximate surface area is 164 Å². The van der Waals surface area contributed by atoms with Crippen LogP contribution < -0.4 is 10.5 Å².